The van der Waals surface area contributed by atoms with Gasteiger partial charge in [0.15, 0.2) is 6.10 Å². The number of phosphoric ester groups is 1. The molecule has 0 heterocycles. The molecular formula is C44H73O13P. The van der Waals surface area contributed by atoms with Crippen molar-refractivity contribution < 1.29 is 63.1 Å². The summed E-state index contributed by atoms with van der Waals surface area (Å²) in [5, 5.41) is 49.7. The maximum atomic E-state index is 12.8. The molecule has 1 aliphatic rings. The minimum atomic E-state index is -4.72. The van der Waals surface area contributed by atoms with Gasteiger partial charge >= 0.3 is 19.8 Å². The number of ether oxygens (including phenoxy) is 2. The lowest BCUT2D eigenvalue weighted by Gasteiger charge is -2.20. The van der Waals surface area contributed by atoms with E-state index in [1.165, 1.54) is 0 Å². The van der Waals surface area contributed by atoms with Gasteiger partial charge in [-0.1, -0.05) is 119 Å². The Bertz CT molecular complexity index is 1310. The van der Waals surface area contributed by atoms with Gasteiger partial charge in [-0.25, -0.2) is 4.57 Å². The Labute approximate surface area is 346 Å². The molecule has 1 fully saturated rings. The summed E-state index contributed by atoms with van der Waals surface area (Å²) >= 11 is 0. The van der Waals surface area contributed by atoms with Crippen LogP contribution in [0, 0.1) is 11.8 Å². The molecule has 13 nitrogen and oxygen atoms in total. The maximum Gasteiger partial charge on any atom is 0.472 e. The van der Waals surface area contributed by atoms with Gasteiger partial charge in [-0.15, -0.1) is 0 Å². The van der Waals surface area contributed by atoms with Gasteiger partial charge in [-0.2, -0.15) is 0 Å². The third kappa shape index (κ3) is 27.9. The molecule has 0 aromatic rings. The summed E-state index contributed by atoms with van der Waals surface area (Å²) in [4.78, 5) is 35.2. The highest BCUT2D eigenvalue weighted by molar-refractivity contribution is 7.47. The van der Waals surface area contributed by atoms with E-state index in [0.717, 1.165) is 70.6 Å². The highest BCUT2D eigenvalue weighted by Crippen LogP contribution is 2.43. The number of phosphoric acid groups is 1. The van der Waals surface area contributed by atoms with E-state index in [1.54, 1.807) is 24.3 Å². The number of carbonyl (C=O) groups is 2. The van der Waals surface area contributed by atoms with Crippen molar-refractivity contribution in [2.75, 3.05) is 26.4 Å². The minimum Gasteiger partial charge on any atom is -0.462 e. The molecule has 1 saturated carbocycles. The molecule has 14 heteroatoms. The van der Waals surface area contributed by atoms with Gasteiger partial charge in [-0.3, -0.25) is 18.6 Å². The molecule has 0 spiro atoms. The first kappa shape index (κ1) is 53.3. The van der Waals surface area contributed by atoms with E-state index in [-0.39, 0.29) is 31.1 Å². The van der Waals surface area contributed by atoms with E-state index in [0.29, 0.717) is 19.3 Å². The number of aliphatic hydroxyl groups is 5. The lowest BCUT2D eigenvalue weighted by atomic mass is 9.89. The predicted molar refractivity (Wildman–Crippen MR) is 225 cm³/mol. The van der Waals surface area contributed by atoms with Crippen molar-refractivity contribution in [2.24, 2.45) is 11.8 Å². The van der Waals surface area contributed by atoms with E-state index >= 15 is 0 Å². The van der Waals surface area contributed by atoms with Crippen LogP contribution in [0.2, 0.25) is 0 Å². The number of rotatable bonds is 34. The molecular weight excluding hydrogens is 767 g/mol. The average Bonchev–Trinajstić information content (AvgIpc) is 3.47. The quantitative estimate of drug-likeness (QED) is 0.0163. The third-order valence-electron chi connectivity index (χ3n) is 9.45. The summed E-state index contributed by atoms with van der Waals surface area (Å²) in [6.07, 6.45) is 31.4. The molecule has 6 N–H and O–H groups in total. The van der Waals surface area contributed by atoms with Crippen molar-refractivity contribution >= 4 is 19.8 Å². The molecule has 0 bridgehead atoms. The maximum absolute atomic E-state index is 12.8. The molecule has 8 atom stereocenters. The van der Waals surface area contributed by atoms with E-state index in [1.807, 2.05) is 0 Å². The van der Waals surface area contributed by atoms with Crippen LogP contribution < -0.4 is 0 Å². The fraction of sp³-hybridized carbons (Fsp3) is 0.682. The number of unbranched alkanes of at least 4 members (excludes halogenated alkanes) is 6. The van der Waals surface area contributed by atoms with Crippen LogP contribution in [-0.4, -0.2) is 99.3 Å². The Balaban J connectivity index is 2.56. The largest absolute Gasteiger partial charge is 0.472 e. The molecule has 0 amide bonds. The van der Waals surface area contributed by atoms with Gasteiger partial charge in [0.25, 0.3) is 0 Å². The SMILES string of the molecule is CC/C=C\C/C=C\C/C=C\C/C=C\CCCCCCC(=O)OC[C@H](COP(=O)(O)OC[C@@H](O)CO)OC(=O)C/C=C\C[C@H]1[C@@H](/C=C/[C@H](O)CCCCC)[C@H](O)C[C@@H]1O. The molecule has 1 aliphatic carbocycles. The summed E-state index contributed by atoms with van der Waals surface area (Å²) < 4.78 is 32.6. The summed E-state index contributed by atoms with van der Waals surface area (Å²) in [5.41, 5.74) is 0. The first-order chi connectivity index (χ1) is 27.9. The highest BCUT2D eigenvalue weighted by atomic mass is 31.2. The zero-order chi connectivity index (χ0) is 42.9. The van der Waals surface area contributed by atoms with Gasteiger partial charge in [0.1, 0.15) is 12.7 Å². The monoisotopic (exact) mass is 840 g/mol. The third-order valence-corrected chi connectivity index (χ3v) is 10.4. The zero-order valence-electron chi connectivity index (χ0n) is 34.8. The van der Waals surface area contributed by atoms with Crippen molar-refractivity contribution in [2.45, 2.75) is 154 Å². The second-order valence-electron chi connectivity index (χ2n) is 14.6. The van der Waals surface area contributed by atoms with E-state index in [9.17, 15) is 39.5 Å². The number of allylic oxidation sites excluding steroid dienone is 9. The molecule has 332 valence electrons. The number of carbonyl (C=O) groups excluding carboxylic acids is 2. The number of aliphatic hydroxyl groups excluding tert-OH is 5. The highest BCUT2D eigenvalue weighted by Gasteiger charge is 2.39. The first-order valence-corrected chi connectivity index (χ1v) is 22.6. The van der Waals surface area contributed by atoms with E-state index in [4.69, 9.17) is 19.1 Å². The van der Waals surface area contributed by atoms with Gasteiger partial charge < -0.3 is 39.9 Å². The smallest absolute Gasteiger partial charge is 0.462 e. The lowest BCUT2D eigenvalue weighted by Crippen LogP contribution is -2.29. The Morgan fingerprint density at radius 3 is 2.09 bits per heavy atom. The van der Waals surface area contributed by atoms with Crippen molar-refractivity contribution in [1.29, 1.82) is 0 Å². The number of hydrogen-bond acceptors (Lipinski definition) is 12. The van der Waals surface area contributed by atoms with Crippen LogP contribution in [0.5, 0.6) is 0 Å². The Hall–Kier alpha value is -2.71. The molecule has 0 saturated heterocycles. The van der Waals surface area contributed by atoms with Crippen molar-refractivity contribution in [3.05, 3.63) is 72.9 Å². The predicted octanol–water partition coefficient (Wildman–Crippen LogP) is 7.27. The summed E-state index contributed by atoms with van der Waals surface area (Å²) in [6, 6.07) is 0. The molecule has 1 rings (SSSR count). The van der Waals surface area contributed by atoms with Crippen molar-refractivity contribution in [1.82, 2.24) is 0 Å². The second-order valence-corrected chi connectivity index (χ2v) is 16.1. The van der Waals surface area contributed by atoms with Crippen LogP contribution in [0.4, 0.5) is 0 Å². The van der Waals surface area contributed by atoms with Crippen LogP contribution in [0.1, 0.15) is 123 Å². The summed E-state index contributed by atoms with van der Waals surface area (Å²) in [6.45, 7) is 1.73. The van der Waals surface area contributed by atoms with Gasteiger partial charge in [-0.05, 0) is 63.7 Å². The molecule has 0 radical (unpaired) electrons. The fourth-order valence-corrected chi connectivity index (χ4v) is 6.92. The molecule has 1 unspecified atom stereocenters. The van der Waals surface area contributed by atoms with Crippen LogP contribution >= 0.6 is 7.82 Å². The Morgan fingerprint density at radius 2 is 1.41 bits per heavy atom. The van der Waals surface area contributed by atoms with E-state index < -0.39 is 76.7 Å². The second kappa shape index (κ2) is 34.0. The average molecular weight is 841 g/mol. The van der Waals surface area contributed by atoms with Gasteiger partial charge in [0.05, 0.1) is 44.6 Å². The molecule has 0 aromatic heterocycles. The Morgan fingerprint density at radius 1 is 0.759 bits per heavy atom. The zero-order valence-corrected chi connectivity index (χ0v) is 35.7. The van der Waals surface area contributed by atoms with Crippen LogP contribution in [0.25, 0.3) is 0 Å². The van der Waals surface area contributed by atoms with Crippen LogP contribution in [0.3, 0.4) is 0 Å². The van der Waals surface area contributed by atoms with Crippen LogP contribution in [-0.2, 0) is 32.7 Å². The van der Waals surface area contributed by atoms with Crippen molar-refractivity contribution in [3.8, 4) is 0 Å². The van der Waals surface area contributed by atoms with Gasteiger partial charge in [0, 0.05) is 18.8 Å². The topological polar surface area (TPSA) is 210 Å². The Kier molecular flexibility index (Phi) is 31.3. The first-order valence-electron chi connectivity index (χ1n) is 21.2. The van der Waals surface area contributed by atoms with E-state index in [2.05, 4.69) is 67.0 Å². The minimum absolute atomic E-state index is 0.143. The number of esters is 2. The molecule has 0 aliphatic heterocycles. The van der Waals surface area contributed by atoms with Crippen LogP contribution in [0.15, 0.2) is 72.9 Å². The molecule has 58 heavy (non-hydrogen) atoms. The molecule has 0 aromatic carbocycles. The standard InChI is InChI=1S/C44H73O13P/c1-3-5-7-8-9-10-11-12-13-14-15-16-17-18-19-20-22-27-43(50)54-34-38(35-56-58(52,53)55-33-37(47)32-45)57-44(51)28-24-23-26-39-40(42(49)31-41(39)48)30-29-36(46)25-21-6-4-2/h5,7,9-10,12-13,15-16,23-24,29-30,36-42,45-49H,3-4,6,8,11,14,17-22,25-28,31-35H2,1-2H3,(H,52,53)/b7-5-,10-9-,13-12-,16-15-,24-23-,30-29+/t36-,37+,38-,39+,40-,41+,42-/m1/s1. The normalized spacial score (nSPS) is 21.6. The van der Waals surface area contributed by atoms with Gasteiger partial charge in [0.2, 0.25) is 0 Å². The summed E-state index contributed by atoms with van der Waals surface area (Å²) in [7, 11) is -4.72. The van der Waals surface area contributed by atoms with Crippen molar-refractivity contribution in [3.63, 3.8) is 0 Å². The fourth-order valence-electron chi connectivity index (χ4n) is 6.13. The summed E-state index contributed by atoms with van der Waals surface area (Å²) in [5.74, 6) is -1.95. The lowest BCUT2D eigenvalue weighted by molar-refractivity contribution is -0.160. The number of hydrogen-bond donors (Lipinski definition) is 6.